The van der Waals surface area contributed by atoms with Gasteiger partial charge >= 0.3 is 5.97 Å². The number of methoxy groups -OCH3 is 1. The monoisotopic (exact) mass is 303 g/mol. The molecule has 0 saturated carbocycles. The predicted octanol–water partition coefficient (Wildman–Crippen LogP) is 3.83. The molecule has 0 aliphatic rings. The van der Waals surface area contributed by atoms with E-state index in [9.17, 15) is 4.79 Å². The number of hydrogen-bond donors (Lipinski definition) is 0. The van der Waals surface area contributed by atoms with Crippen LogP contribution in [0, 0.1) is 5.92 Å². The zero-order chi connectivity index (χ0) is 15.9. The minimum atomic E-state index is -0.206. The van der Waals surface area contributed by atoms with E-state index in [0.29, 0.717) is 23.9 Å². The Kier molecular flexibility index (Phi) is 5.58. The van der Waals surface area contributed by atoms with Crippen LogP contribution in [0.3, 0.4) is 0 Å². The molecule has 2 aromatic rings. The Morgan fingerprint density at radius 3 is 2.64 bits per heavy atom. The number of carbonyl (C=O) groups is 1. The van der Waals surface area contributed by atoms with Crippen molar-refractivity contribution >= 4 is 5.97 Å². The highest BCUT2D eigenvalue weighted by Crippen LogP contribution is 2.22. The number of nitrogens with zero attached hydrogens (tertiary/aromatic N) is 1. The van der Waals surface area contributed by atoms with Crippen molar-refractivity contribution in [2.24, 2.45) is 5.92 Å². The summed E-state index contributed by atoms with van der Waals surface area (Å²) in [6.07, 6.45) is 2.77. The van der Waals surface area contributed by atoms with Crippen LogP contribution in [-0.2, 0) is 16.1 Å². The largest absolute Gasteiger partial charge is 0.497 e. The average Bonchev–Trinajstić information content (AvgIpc) is 3.00. The van der Waals surface area contributed by atoms with Crippen molar-refractivity contribution in [3.8, 4) is 17.2 Å². The molecule has 118 valence electrons. The van der Waals surface area contributed by atoms with E-state index in [0.717, 1.165) is 17.7 Å². The number of oxazole rings is 1. The van der Waals surface area contributed by atoms with Gasteiger partial charge in [-0.3, -0.25) is 4.79 Å². The Hall–Kier alpha value is -2.30. The van der Waals surface area contributed by atoms with Gasteiger partial charge in [0.25, 0.3) is 0 Å². The van der Waals surface area contributed by atoms with Crippen molar-refractivity contribution in [2.75, 3.05) is 7.11 Å². The van der Waals surface area contributed by atoms with Crippen LogP contribution in [0.5, 0.6) is 5.75 Å². The van der Waals surface area contributed by atoms with E-state index < -0.39 is 0 Å². The normalized spacial score (nSPS) is 10.7. The van der Waals surface area contributed by atoms with Crippen LogP contribution >= 0.6 is 0 Å². The van der Waals surface area contributed by atoms with E-state index in [1.807, 2.05) is 24.3 Å². The first-order valence-corrected chi connectivity index (χ1v) is 7.33. The van der Waals surface area contributed by atoms with Gasteiger partial charge in [0.05, 0.1) is 7.11 Å². The molecule has 0 radical (unpaired) electrons. The summed E-state index contributed by atoms with van der Waals surface area (Å²) >= 11 is 0. The summed E-state index contributed by atoms with van der Waals surface area (Å²) in [5.74, 6) is 1.55. The number of ether oxygens (including phenoxy) is 2. The maximum Gasteiger partial charge on any atom is 0.306 e. The van der Waals surface area contributed by atoms with Crippen LogP contribution in [0.25, 0.3) is 11.5 Å². The number of carbonyl (C=O) groups excluding carboxylic acids is 1. The molecule has 0 fully saturated rings. The molecule has 0 amide bonds. The van der Waals surface area contributed by atoms with Crippen molar-refractivity contribution < 1.29 is 18.7 Å². The number of aromatic nitrogens is 1. The third-order valence-electron chi connectivity index (χ3n) is 3.20. The standard InChI is InChI=1S/C17H21NO4/c1-12(2)4-9-16(19)21-10-14-11-22-17(18-14)13-5-7-15(20-3)8-6-13/h5-8,11-12H,4,9-10H2,1-3H3. The molecule has 2 rings (SSSR count). The van der Waals surface area contributed by atoms with Crippen LogP contribution in [0.4, 0.5) is 0 Å². The summed E-state index contributed by atoms with van der Waals surface area (Å²) in [7, 11) is 1.62. The van der Waals surface area contributed by atoms with E-state index in [2.05, 4.69) is 18.8 Å². The molecule has 5 nitrogen and oxygen atoms in total. The van der Waals surface area contributed by atoms with Crippen LogP contribution in [0.2, 0.25) is 0 Å². The van der Waals surface area contributed by atoms with Crippen LogP contribution in [-0.4, -0.2) is 18.1 Å². The van der Waals surface area contributed by atoms with Gasteiger partial charge in [-0.25, -0.2) is 4.98 Å². The van der Waals surface area contributed by atoms with Crippen molar-refractivity contribution in [1.82, 2.24) is 4.98 Å². The van der Waals surface area contributed by atoms with Gasteiger partial charge in [0.1, 0.15) is 24.3 Å². The molecule has 5 heteroatoms. The molecule has 0 unspecified atom stereocenters. The van der Waals surface area contributed by atoms with Crippen LogP contribution < -0.4 is 4.74 Å². The quantitative estimate of drug-likeness (QED) is 0.727. The summed E-state index contributed by atoms with van der Waals surface area (Å²) in [6.45, 7) is 4.29. The van der Waals surface area contributed by atoms with Crippen molar-refractivity contribution in [3.63, 3.8) is 0 Å². The number of benzene rings is 1. The third-order valence-corrected chi connectivity index (χ3v) is 3.20. The summed E-state index contributed by atoms with van der Waals surface area (Å²) < 4.78 is 15.7. The van der Waals surface area contributed by atoms with E-state index >= 15 is 0 Å². The molecule has 0 N–H and O–H groups in total. The van der Waals surface area contributed by atoms with Gasteiger partial charge in [0.15, 0.2) is 0 Å². The molecule has 0 bridgehead atoms. The molecule has 0 atom stereocenters. The zero-order valence-corrected chi connectivity index (χ0v) is 13.2. The first kappa shape index (κ1) is 16.1. The van der Waals surface area contributed by atoms with Gasteiger partial charge in [-0.2, -0.15) is 0 Å². The molecule has 0 saturated heterocycles. The van der Waals surface area contributed by atoms with Crippen LogP contribution in [0.15, 0.2) is 34.9 Å². The molecule has 1 aromatic carbocycles. The number of rotatable bonds is 7. The lowest BCUT2D eigenvalue weighted by Gasteiger charge is -2.04. The summed E-state index contributed by atoms with van der Waals surface area (Å²) in [5, 5.41) is 0. The lowest BCUT2D eigenvalue weighted by Crippen LogP contribution is -2.06. The molecule has 0 aliphatic heterocycles. The fraction of sp³-hybridized carbons (Fsp3) is 0.412. The molecule has 1 aromatic heterocycles. The van der Waals surface area contributed by atoms with E-state index in [4.69, 9.17) is 13.9 Å². The lowest BCUT2D eigenvalue weighted by molar-refractivity contribution is -0.145. The Morgan fingerprint density at radius 1 is 1.27 bits per heavy atom. The number of esters is 1. The molecule has 0 aliphatic carbocycles. The van der Waals surface area contributed by atoms with Crippen molar-refractivity contribution in [1.29, 1.82) is 0 Å². The Morgan fingerprint density at radius 2 is 2.00 bits per heavy atom. The van der Waals surface area contributed by atoms with Crippen molar-refractivity contribution in [2.45, 2.75) is 33.3 Å². The highest BCUT2D eigenvalue weighted by atomic mass is 16.5. The van der Waals surface area contributed by atoms with Gasteiger partial charge in [-0.15, -0.1) is 0 Å². The minimum Gasteiger partial charge on any atom is -0.497 e. The zero-order valence-electron chi connectivity index (χ0n) is 13.2. The Bertz CT molecular complexity index is 601. The van der Waals surface area contributed by atoms with Crippen LogP contribution in [0.1, 0.15) is 32.4 Å². The van der Waals surface area contributed by atoms with Crippen molar-refractivity contribution in [3.05, 3.63) is 36.2 Å². The second-order valence-electron chi connectivity index (χ2n) is 5.47. The molecule has 0 spiro atoms. The highest BCUT2D eigenvalue weighted by Gasteiger charge is 2.10. The maximum atomic E-state index is 11.6. The Labute approximate surface area is 130 Å². The van der Waals surface area contributed by atoms with Gasteiger partial charge in [0.2, 0.25) is 5.89 Å². The van der Waals surface area contributed by atoms with E-state index in [1.165, 1.54) is 6.26 Å². The fourth-order valence-electron chi connectivity index (χ4n) is 1.87. The first-order valence-electron chi connectivity index (χ1n) is 7.33. The van der Waals surface area contributed by atoms with E-state index in [-0.39, 0.29) is 12.6 Å². The predicted molar refractivity (Wildman–Crippen MR) is 82.4 cm³/mol. The SMILES string of the molecule is COc1ccc(-c2nc(COC(=O)CCC(C)C)co2)cc1. The first-order chi connectivity index (χ1) is 10.6. The molecular weight excluding hydrogens is 282 g/mol. The van der Waals surface area contributed by atoms with Gasteiger partial charge in [-0.05, 0) is 36.6 Å². The summed E-state index contributed by atoms with van der Waals surface area (Å²) in [5.41, 5.74) is 1.45. The number of hydrogen-bond acceptors (Lipinski definition) is 5. The van der Waals surface area contributed by atoms with Gasteiger partial charge < -0.3 is 13.9 Å². The topological polar surface area (TPSA) is 61.6 Å². The lowest BCUT2D eigenvalue weighted by atomic mass is 10.1. The van der Waals surface area contributed by atoms with E-state index in [1.54, 1.807) is 7.11 Å². The molecule has 22 heavy (non-hydrogen) atoms. The molecule has 1 heterocycles. The minimum absolute atomic E-state index is 0.135. The summed E-state index contributed by atoms with van der Waals surface area (Å²) in [4.78, 5) is 15.9. The third kappa shape index (κ3) is 4.62. The Balaban J connectivity index is 1.89. The molecular formula is C17H21NO4. The second kappa shape index (κ2) is 7.64. The smallest absolute Gasteiger partial charge is 0.306 e. The van der Waals surface area contributed by atoms with Gasteiger partial charge in [-0.1, -0.05) is 13.8 Å². The second-order valence-corrected chi connectivity index (χ2v) is 5.47. The highest BCUT2D eigenvalue weighted by molar-refractivity contribution is 5.69. The maximum absolute atomic E-state index is 11.6. The fourth-order valence-corrected chi connectivity index (χ4v) is 1.87. The van der Waals surface area contributed by atoms with Gasteiger partial charge in [0, 0.05) is 12.0 Å². The average molecular weight is 303 g/mol. The summed E-state index contributed by atoms with van der Waals surface area (Å²) in [6, 6.07) is 7.41.